The number of halogens is 5. The second kappa shape index (κ2) is 15.7. The van der Waals surface area contributed by atoms with E-state index >= 15 is 0 Å². The van der Waals surface area contributed by atoms with Gasteiger partial charge in [0.25, 0.3) is 0 Å². The predicted molar refractivity (Wildman–Crippen MR) is 190 cm³/mol. The van der Waals surface area contributed by atoms with Gasteiger partial charge in [0, 0.05) is 47.2 Å². The van der Waals surface area contributed by atoms with Gasteiger partial charge in [0.1, 0.15) is 17.9 Å². The number of benzene rings is 2. The molecule has 0 bridgehead atoms. The first kappa shape index (κ1) is 37.2. The number of nitrogens with zero attached hydrogens (tertiary/aromatic N) is 3. The molecule has 0 saturated carbocycles. The van der Waals surface area contributed by atoms with Crippen LogP contribution in [0.2, 0.25) is 10.0 Å². The van der Waals surface area contributed by atoms with E-state index in [1.165, 1.54) is 5.57 Å². The Kier molecular flexibility index (Phi) is 12.5. The molecular formula is C38H48Cl2F3N3O. The molecule has 2 heterocycles. The largest absolute Gasteiger partial charge is 0.431 e. The Morgan fingerprint density at radius 3 is 2.36 bits per heavy atom. The van der Waals surface area contributed by atoms with Crippen molar-refractivity contribution in [2.45, 2.75) is 104 Å². The number of allylic oxidation sites excluding steroid dienone is 1. The van der Waals surface area contributed by atoms with Crippen LogP contribution in [0.3, 0.4) is 0 Å². The molecule has 1 fully saturated rings. The molecule has 2 aromatic rings. The summed E-state index contributed by atoms with van der Waals surface area (Å²) in [6.07, 6.45) is -0.595. The van der Waals surface area contributed by atoms with E-state index in [9.17, 15) is 13.2 Å². The lowest BCUT2D eigenvalue weighted by Crippen LogP contribution is -2.37. The molecule has 0 aromatic heterocycles. The zero-order valence-electron chi connectivity index (χ0n) is 28.3. The van der Waals surface area contributed by atoms with Gasteiger partial charge < -0.3 is 9.64 Å². The summed E-state index contributed by atoms with van der Waals surface area (Å²) in [6, 6.07) is 11.4. The van der Waals surface area contributed by atoms with Crippen LogP contribution in [-0.2, 0) is 11.2 Å². The first-order valence-corrected chi connectivity index (χ1v) is 17.3. The van der Waals surface area contributed by atoms with Crippen molar-refractivity contribution in [1.82, 2.24) is 4.90 Å². The lowest BCUT2D eigenvalue weighted by atomic mass is 9.82. The van der Waals surface area contributed by atoms with E-state index in [2.05, 4.69) is 56.0 Å². The second-order valence-corrected chi connectivity index (χ2v) is 15.1. The smallest absolute Gasteiger partial charge is 0.375 e. The Hall–Kier alpha value is -2.61. The molecule has 0 amide bonds. The summed E-state index contributed by atoms with van der Waals surface area (Å²) in [6.45, 7) is 21.1. The highest BCUT2D eigenvalue weighted by molar-refractivity contribution is 6.32. The highest BCUT2D eigenvalue weighted by Crippen LogP contribution is 2.39. The van der Waals surface area contributed by atoms with Gasteiger partial charge in [-0.1, -0.05) is 100 Å². The Morgan fingerprint density at radius 1 is 1.04 bits per heavy atom. The van der Waals surface area contributed by atoms with Crippen LogP contribution >= 0.6 is 23.2 Å². The molecule has 0 spiro atoms. The first-order chi connectivity index (χ1) is 22.1. The number of ether oxygens (including phenoxy) is 1. The molecule has 4 rings (SSSR count). The van der Waals surface area contributed by atoms with Crippen molar-refractivity contribution in [3.05, 3.63) is 93.1 Å². The first-order valence-electron chi connectivity index (χ1n) is 16.5. The van der Waals surface area contributed by atoms with Crippen LogP contribution in [0.4, 0.5) is 13.2 Å². The van der Waals surface area contributed by atoms with Crippen LogP contribution in [0.15, 0.2) is 71.0 Å². The van der Waals surface area contributed by atoms with E-state index < -0.39 is 30.5 Å². The lowest BCUT2D eigenvalue weighted by Gasteiger charge is -2.37. The molecule has 1 saturated heterocycles. The molecular weight excluding hydrogens is 642 g/mol. The average molecular weight is 691 g/mol. The second-order valence-electron chi connectivity index (χ2n) is 14.3. The third-order valence-corrected chi connectivity index (χ3v) is 9.62. The van der Waals surface area contributed by atoms with Crippen molar-refractivity contribution in [3.63, 3.8) is 0 Å². The zero-order valence-corrected chi connectivity index (χ0v) is 29.8. The molecule has 256 valence electrons. The number of hydrogen-bond donors (Lipinski definition) is 0. The minimum atomic E-state index is -4.58. The maximum atomic E-state index is 13.7. The highest BCUT2D eigenvalue weighted by Gasteiger charge is 2.41. The van der Waals surface area contributed by atoms with Gasteiger partial charge in [0.05, 0.1) is 5.71 Å². The summed E-state index contributed by atoms with van der Waals surface area (Å²) in [5, 5.41) is 8.67. The van der Waals surface area contributed by atoms with E-state index in [1.54, 1.807) is 6.07 Å². The quantitative estimate of drug-likeness (QED) is 0.196. The van der Waals surface area contributed by atoms with E-state index in [4.69, 9.17) is 27.9 Å². The maximum Gasteiger partial charge on any atom is 0.431 e. The van der Waals surface area contributed by atoms with Crippen LogP contribution < -0.4 is 0 Å². The predicted octanol–water partition coefficient (Wildman–Crippen LogP) is 11.5. The van der Waals surface area contributed by atoms with Gasteiger partial charge in [-0.2, -0.15) is 23.4 Å². The van der Waals surface area contributed by atoms with Gasteiger partial charge in [-0.25, -0.2) is 0 Å². The van der Waals surface area contributed by atoms with Crippen LogP contribution in [0.1, 0.15) is 101 Å². The average Bonchev–Trinajstić information content (AvgIpc) is 3.49. The third-order valence-electron chi connectivity index (χ3n) is 8.92. The van der Waals surface area contributed by atoms with E-state index in [1.807, 2.05) is 37.3 Å². The number of rotatable bonds is 13. The van der Waals surface area contributed by atoms with Crippen molar-refractivity contribution in [1.29, 1.82) is 0 Å². The number of piperidine rings is 1. The highest BCUT2D eigenvalue weighted by atomic mass is 35.5. The summed E-state index contributed by atoms with van der Waals surface area (Å²) in [5.41, 5.74) is 5.01. The summed E-state index contributed by atoms with van der Waals surface area (Å²) < 4.78 is 48.0. The van der Waals surface area contributed by atoms with Crippen LogP contribution in [0.25, 0.3) is 0 Å². The standard InChI is InChI=1S/C38H48Cl2F3N3O/c1-8-10-28-11-9-12-30(35(28)40)36(31-21-29(39)14-13-25(31)3)47-33(32-22-34(45-44-32)38(41,42)43)20-26(4)46-17-15-27(16-18-46)19-24(2)23-37(5,6)7/h9,11-14,21,27,33,36H,2,4,8,10,15-20,22-23H2,1,3,5-7H3/t33-,36?/m1/s1. The molecule has 47 heavy (non-hydrogen) atoms. The molecule has 2 aromatic carbocycles. The summed E-state index contributed by atoms with van der Waals surface area (Å²) in [5.74, 6) is 0.552. The fourth-order valence-electron chi connectivity index (χ4n) is 6.61. The SMILES string of the molecule is C=C(CC1CCN(C(=C)C[C@@H](OC(c2cc(Cl)ccc2C)c2cccc(CCC)c2Cl)C2=NN=C(C(F)(F)F)C2)CC1)CC(C)(C)C. The fourth-order valence-corrected chi connectivity index (χ4v) is 7.11. The van der Waals surface area contributed by atoms with Crippen molar-refractivity contribution in [2.24, 2.45) is 21.5 Å². The Bertz CT molecular complexity index is 1500. The summed E-state index contributed by atoms with van der Waals surface area (Å²) in [4.78, 5) is 2.23. The molecule has 0 N–H and O–H groups in total. The third kappa shape index (κ3) is 10.2. The van der Waals surface area contributed by atoms with Crippen molar-refractivity contribution >= 4 is 34.6 Å². The minimum absolute atomic E-state index is 0.211. The summed E-state index contributed by atoms with van der Waals surface area (Å²) >= 11 is 13.5. The lowest BCUT2D eigenvalue weighted by molar-refractivity contribution is -0.0597. The van der Waals surface area contributed by atoms with E-state index in [0.717, 1.165) is 79.6 Å². The van der Waals surface area contributed by atoms with Gasteiger partial charge in [-0.05, 0) is 79.2 Å². The van der Waals surface area contributed by atoms with Gasteiger partial charge in [0.15, 0.2) is 0 Å². The molecule has 9 heteroatoms. The normalized spacial score (nSPS) is 17.4. The van der Waals surface area contributed by atoms with Gasteiger partial charge in [-0.15, -0.1) is 0 Å². The van der Waals surface area contributed by atoms with Gasteiger partial charge in [0.2, 0.25) is 0 Å². The number of aryl methyl sites for hydroxylation is 2. The monoisotopic (exact) mass is 689 g/mol. The van der Waals surface area contributed by atoms with Crippen LogP contribution in [0.5, 0.6) is 0 Å². The molecule has 2 aliphatic heterocycles. The van der Waals surface area contributed by atoms with Crippen LogP contribution in [0, 0.1) is 18.3 Å². The van der Waals surface area contributed by atoms with Crippen molar-refractivity contribution < 1.29 is 17.9 Å². The molecule has 2 aliphatic rings. The Morgan fingerprint density at radius 2 is 1.74 bits per heavy atom. The van der Waals surface area contributed by atoms with Crippen LogP contribution in [-0.4, -0.2) is 41.7 Å². The molecule has 1 unspecified atom stereocenters. The van der Waals surface area contributed by atoms with E-state index in [-0.39, 0.29) is 17.5 Å². The number of likely N-dealkylation sites (tertiary alicyclic amines) is 1. The Balaban J connectivity index is 1.61. The fraction of sp³-hybridized carbons (Fsp3) is 0.526. The topological polar surface area (TPSA) is 37.2 Å². The number of hydrogen-bond acceptors (Lipinski definition) is 4. The maximum absolute atomic E-state index is 13.7. The Labute approximate surface area is 288 Å². The van der Waals surface area contributed by atoms with Crippen molar-refractivity contribution in [2.75, 3.05) is 13.1 Å². The van der Waals surface area contributed by atoms with Crippen molar-refractivity contribution in [3.8, 4) is 0 Å². The molecule has 4 nitrogen and oxygen atoms in total. The van der Waals surface area contributed by atoms with Gasteiger partial charge in [-0.3, -0.25) is 0 Å². The minimum Gasteiger partial charge on any atom is -0.375 e. The molecule has 0 aliphatic carbocycles. The van der Waals surface area contributed by atoms with Gasteiger partial charge >= 0.3 is 6.18 Å². The van der Waals surface area contributed by atoms with E-state index in [0.29, 0.717) is 16.0 Å². The molecule has 2 atom stereocenters. The molecule has 0 radical (unpaired) electrons. The zero-order chi connectivity index (χ0) is 34.5. The number of alkyl halides is 3. The summed E-state index contributed by atoms with van der Waals surface area (Å²) in [7, 11) is 0.